The lowest BCUT2D eigenvalue weighted by molar-refractivity contribution is 0.419. The molecule has 4 rings (SSSR count). The Hall–Kier alpha value is -2.55. The molecule has 0 fully saturated rings. The number of aryl methyl sites for hydroxylation is 1. The molecule has 10 heteroatoms. The van der Waals surface area contributed by atoms with Crippen molar-refractivity contribution in [2.45, 2.75) is 6.54 Å². The number of imidazole rings is 1. The topological polar surface area (TPSA) is 71.1 Å². The van der Waals surface area contributed by atoms with Gasteiger partial charge in [0.1, 0.15) is 5.75 Å². The highest BCUT2D eigenvalue weighted by Gasteiger charge is 2.21. The molecule has 7 nitrogen and oxygen atoms in total. The number of halogens is 3. The molecule has 30 heavy (non-hydrogen) atoms. The van der Waals surface area contributed by atoms with Gasteiger partial charge >= 0.3 is 11.7 Å². The molecule has 2 heterocycles. The maximum atomic E-state index is 12.9. The van der Waals surface area contributed by atoms with E-state index in [0.29, 0.717) is 15.8 Å². The smallest absolute Gasteiger partial charge is 0.332 e. The van der Waals surface area contributed by atoms with Crippen LogP contribution in [0.3, 0.4) is 0 Å². The van der Waals surface area contributed by atoms with Gasteiger partial charge in [0.25, 0.3) is 5.56 Å². The number of aromatic nitrogens is 4. The SMILES string of the molecule is Cn1c(=O)c2c(nc(Oc3ccccc3Br)n2Cc2ccc(Cl)c(Cl)c2)n(C)c1=O. The fourth-order valence-corrected chi connectivity index (χ4v) is 3.78. The van der Waals surface area contributed by atoms with Crippen LogP contribution < -0.4 is 16.0 Å². The largest absolute Gasteiger partial charge is 0.424 e. The third-order valence-corrected chi connectivity index (χ3v) is 6.07. The number of ether oxygens (including phenoxy) is 1. The fourth-order valence-electron chi connectivity index (χ4n) is 3.10. The Labute approximate surface area is 189 Å². The van der Waals surface area contributed by atoms with E-state index in [1.165, 1.54) is 11.6 Å². The average Bonchev–Trinajstić information content (AvgIpc) is 3.07. The van der Waals surface area contributed by atoms with Gasteiger partial charge in [-0.15, -0.1) is 0 Å². The van der Waals surface area contributed by atoms with Gasteiger partial charge < -0.3 is 4.74 Å². The number of hydrogen-bond donors (Lipinski definition) is 0. The molecule has 0 aliphatic heterocycles. The predicted octanol–water partition coefficient (Wildman–Crippen LogP) is 4.34. The summed E-state index contributed by atoms with van der Waals surface area (Å²) in [5.74, 6) is 0.519. The zero-order chi connectivity index (χ0) is 21.6. The Bertz CT molecular complexity index is 1410. The Morgan fingerprint density at radius 2 is 1.77 bits per heavy atom. The first-order chi connectivity index (χ1) is 14.3. The molecule has 154 valence electrons. The lowest BCUT2D eigenvalue weighted by Crippen LogP contribution is -2.37. The minimum Gasteiger partial charge on any atom is -0.424 e. The van der Waals surface area contributed by atoms with Gasteiger partial charge in [-0.2, -0.15) is 4.98 Å². The molecule has 0 aliphatic rings. The quantitative estimate of drug-likeness (QED) is 0.410. The molecular weight excluding hydrogens is 495 g/mol. The van der Waals surface area contributed by atoms with Crippen molar-refractivity contribution in [1.29, 1.82) is 0 Å². The van der Waals surface area contributed by atoms with Crippen LogP contribution in [0.15, 0.2) is 56.5 Å². The summed E-state index contributed by atoms with van der Waals surface area (Å²) in [4.78, 5) is 29.8. The maximum absolute atomic E-state index is 12.9. The monoisotopic (exact) mass is 508 g/mol. The van der Waals surface area contributed by atoms with Crippen LogP contribution in [0.1, 0.15) is 5.56 Å². The molecule has 0 radical (unpaired) electrons. The van der Waals surface area contributed by atoms with E-state index in [1.807, 2.05) is 18.2 Å². The average molecular weight is 510 g/mol. The van der Waals surface area contributed by atoms with Gasteiger partial charge in [-0.05, 0) is 45.8 Å². The van der Waals surface area contributed by atoms with Crippen LogP contribution in [0.4, 0.5) is 0 Å². The zero-order valence-electron chi connectivity index (χ0n) is 15.9. The molecule has 0 bridgehead atoms. The number of para-hydroxylation sites is 1. The highest BCUT2D eigenvalue weighted by molar-refractivity contribution is 9.10. The van der Waals surface area contributed by atoms with Crippen LogP contribution in [0, 0.1) is 0 Å². The molecule has 0 amide bonds. The standard InChI is InChI=1S/C20H15BrCl2N4O3/c1-25-17-16(18(28)26(2)20(25)29)27(10-11-7-8-13(22)14(23)9-11)19(24-17)30-15-6-4-3-5-12(15)21/h3-9H,10H2,1-2H3. The number of hydrogen-bond acceptors (Lipinski definition) is 4. The molecule has 0 saturated carbocycles. The second kappa shape index (κ2) is 7.94. The molecule has 0 atom stereocenters. The Kier molecular flexibility index (Phi) is 5.48. The molecule has 0 spiro atoms. The summed E-state index contributed by atoms with van der Waals surface area (Å²) in [7, 11) is 2.98. The van der Waals surface area contributed by atoms with E-state index in [0.717, 1.165) is 14.6 Å². The van der Waals surface area contributed by atoms with Crippen molar-refractivity contribution in [2.75, 3.05) is 0 Å². The minimum atomic E-state index is -0.473. The first kappa shape index (κ1) is 20.7. The number of nitrogens with zero attached hydrogens (tertiary/aromatic N) is 4. The van der Waals surface area contributed by atoms with Gasteiger partial charge in [0, 0.05) is 14.1 Å². The van der Waals surface area contributed by atoms with E-state index in [9.17, 15) is 9.59 Å². The van der Waals surface area contributed by atoms with Gasteiger partial charge in [0.15, 0.2) is 11.2 Å². The van der Waals surface area contributed by atoms with Crippen molar-refractivity contribution in [3.05, 3.63) is 83.4 Å². The first-order valence-corrected chi connectivity index (χ1v) is 10.4. The molecule has 2 aromatic carbocycles. The summed E-state index contributed by atoms with van der Waals surface area (Å²) in [6.45, 7) is 0.237. The van der Waals surface area contributed by atoms with Crippen LogP contribution in [0.5, 0.6) is 11.8 Å². The van der Waals surface area contributed by atoms with Crippen molar-refractivity contribution < 1.29 is 4.74 Å². The van der Waals surface area contributed by atoms with Crippen LogP contribution in [-0.4, -0.2) is 18.7 Å². The number of benzene rings is 2. The van der Waals surface area contributed by atoms with Crippen LogP contribution in [0.2, 0.25) is 10.0 Å². The van der Waals surface area contributed by atoms with Crippen molar-refractivity contribution in [1.82, 2.24) is 18.7 Å². The molecule has 0 saturated heterocycles. The highest BCUT2D eigenvalue weighted by atomic mass is 79.9. The highest BCUT2D eigenvalue weighted by Crippen LogP contribution is 2.31. The Balaban J connectivity index is 1.96. The van der Waals surface area contributed by atoms with Crippen molar-refractivity contribution in [3.63, 3.8) is 0 Å². The molecular formula is C20H15BrCl2N4O3. The van der Waals surface area contributed by atoms with E-state index in [2.05, 4.69) is 20.9 Å². The first-order valence-electron chi connectivity index (χ1n) is 8.80. The minimum absolute atomic E-state index is 0.168. The summed E-state index contributed by atoms with van der Waals surface area (Å²) in [6.07, 6.45) is 0. The van der Waals surface area contributed by atoms with Crippen molar-refractivity contribution >= 4 is 50.3 Å². The third kappa shape index (κ3) is 3.55. The molecule has 2 aromatic heterocycles. The summed E-state index contributed by atoms with van der Waals surface area (Å²) in [5, 5.41) is 0.825. The second-order valence-electron chi connectivity index (χ2n) is 6.64. The van der Waals surface area contributed by atoms with E-state index < -0.39 is 11.2 Å². The Morgan fingerprint density at radius 3 is 2.47 bits per heavy atom. The van der Waals surface area contributed by atoms with E-state index in [4.69, 9.17) is 27.9 Å². The lowest BCUT2D eigenvalue weighted by Gasteiger charge is -2.11. The summed E-state index contributed by atoms with van der Waals surface area (Å²) >= 11 is 15.6. The second-order valence-corrected chi connectivity index (χ2v) is 8.31. The molecule has 0 unspecified atom stereocenters. The zero-order valence-corrected chi connectivity index (χ0v) is 19.0. The summed E-state index contributed by atoms with van der Waals surface area (Å²) < 4.78 is 10.7. The van der Waals surface area contributed by atoms with Crippen LogP contribution >= 0.6 is 39.1 Å². The van der Waals surface area contributed by atoms with Crippen molar-refractivity contribution in [3.8, 4) is 11.8 Å². The third-order valence-electron chi connectivity index (χ3n) is 4.68. The number of fused-ring (bicyclic) bond motifs is 1. The van der Waals surface area contributed by atoms with Crippen LogP contribution in [0.25, 0.3) is 11.2 Å². The van der Waals surface area contributed by atoms with Gasteiger partial charge in [-0.25, -0.2) is 4.79 Å². The van der Waals surface area contributed by atoms with Gasteiger partial charge in [-0.3, -0.25) is 18.5 Å². The molecule has 4 aromatic rings. The summed E-state index contributed by atoms with van der Waals surface area (Å²) in [5.41, 5.74) is 0.316. The molecule has 0 aliphatic carbocycles. The Morgan fingerprint density at radius 1 is 1.03 bits per heavy atom. The van der Waals surface area contributed by atoms with Crippen molar-refractivity contribution in [2.24, 2.45) is 14.1 Å². The summed E-state index contributed by atoms with van der Waals surface area (Å²) in [6, 6.07) is 12.6. The maximum Gasteiger partial charge on any atom is 0.332 e. The van der Waals surface area contributed by atoms with Gasteiger partial charge in [0.05, 0.1) is 21.1 Å². The van der Waals surface area contributed by atoms with Crippen LogP contribution in [-0.2, 0) is 20.6 Å². The van der Waals surface area contributed by atoms with E-state index in [-0.39, 0.29) is 23.7 Å². The number of rotatable bonds is 4. The molecule has 0 N–H and O–H groups in total. The van der Waals surface area contributed by atoms with E-state index >= 15 is 0 Å². The van der Waals surface area contributed by atoms with Gasteiger partial charge in [-0.1, -0.05) is 41.4 Å². The fraction of sp³-hybridized carbons (Fsp3) is 0.150. The van der Waals surface area contributed by atoms with E-state index in [1.54, 1.807) is 35.9 Å². The van der Waals surface area contributed by atoms with Gasteiger partial charge in [0.2, 0.25) is 0 Å². The normalized spacial score (nSPS) is 11.2. The lowest BCUT2D eigenvalue weighted by atomic mass is 10.2. The predicted molar refractivity (Wildman–Crippen MR) is 120 cm³/mol.